The third-order valence-electron chi connectivity index (χ3n) is 7.38. The zero-order valence-corrected chi connectivity index (χ0v) is 22.3. The molecule has 41 heavy (non-hydrogen) atoms. The Morgan fingerprint density at radius 3 is 2.76 bits per heavy atom. The fraction of sp³-hybridized carbons (Fsp3) is 0.167. The molecule has 7 rings (SSSR count). The van der Waals surface area contributed by atoms with Crippen LogP contribution in [0.5, 0.6) is 5.75 Å². The lowest BCUT2D eigenvalue weighted by molar-refractivity contribution is 0.102. The number of carbonyl (C=O) groups is 1. The molecule has 5 aromatic heterocycles. The molecule has 0 spiro atoms. The molecule has 204 valence electrons. The average Bonchev–Trinajstić information content (AvgIpc) is 3.71. The molecule has 1 saturated carbocycles. The van der Waals surface area contributed by atoms with E-state index in [0.29, 0.717) is 62.5 Å². The number of imidazole rings is 1. The number of rotatable bonds is 6. The number of fused-ring (bicyclic) bond motifs is 2. The molecule has 1 fully saturated rings. The summed E-state index contributed by atoms with van der Waals surface area (Å²) in [4.78, 5) is 39.0. The number of oxazole rings is 1. The number of methoxy groups -OCH3 is 1. The number of carbonyl (C=O) groups excluding carboxylic acids is 1. The monoisotopic (exact) mass is 547 g/mol. The number of ether oxygens (including phenoxy) is 1. The molecule has 0 saturated heterocycles. The third-order valence-corrected chi connectivity index (χ3v) is 7.38. The molecule has 0 bridgehead atoms. The molecule has 11 nitrogen and oxygen atoms in total. The van der Waals surface area contributed by atoms with Gasteiger partial charge in [-0.05, 0) is 73.7 Å². The molecule has 1 aromatic carbocycles. The second-order valence-corrected chi connectivity index (χ2v) is 10.0. The molecule has 0 atom stereocenters. The number of pyridine rings is 2. The number of nitrogens with two attached hydrogens (primary N) is 1. The summed E-state index contributed by atoms with van der Waals surface area (Å²) in [5.74, 6) is 2.05. The van der Waals surface area contributed by atoms with Gasteiger partial charge in [-0.2, -0.15) is 0 Å². The van der Waals surface area contributed by atoms with Gasteiger partial charge in [-0.25, -0.2) is 24.1 Å². The van der Waals surface area contributed by atoms with Gasteiger partial charge in [0.15, 0.2) is 0 Å². The molecule has 1 aliphatic rings. The summed E-state index contributed by atoms with van der Waals surface area (Å²) in [5, 5.41) is 2.89. The summed E-state index contributed by atoms with van der Waals surface area (Å²) in [6.07, 6.45) is 9.06. The summed E-state index contributed by atoms with van der Waals surface area (Å²) in [6, 6.07) is 12.7. The Bertz CT molecular complexity index is 2050. The van der Waals surface area contributed by atoms with E-state index in [-0.39, 0.29) is 11.7 Å². The summed E-state index contributed by atoms with van der Waals surface area (Å²) >= 11 is 0. The highest BCUT2D eigenvalue weighted by Gasteiger charge is 2.24. The number of benzene rings is 1. The lowest BCUT2D eigenvalue weighted by Gasteiger charge is -2.11. The van der Waals surface area contributed by atoms with Crippen molar-refractivity contribution < 1.29 is 13.9 Å². The third kappa shape index (κ3) is 4.18. The van der Waals surface area contributed by atoms with Gasteiger partial charge in [0.25, 0.3) is 5.91 Å². The summed E-state index contributed by atoms with van der Waals surface area (Å²) in [5.41, 5.74) is 11.0. The maximum atomic E-state index is 13.1. The van der Waals surface area contributed by atoms with Crippen molar-refractivity contribution in [3.05, 3.63) is 94.7 Å². The smallest absolute Gasteiger partial charge is 0.423 e. The number of nitrogen functional groups attached to an aromatic ring is 1. The highest BCUT2D eigenvalue weighted by Crippen LogP contribution is 2.40. The van der Waals surface area contributed by atoms with Crippen LogP contribution in [0.15, 0.2) is 76.5 Å². The number of aryl methyl sites for hydroxylation is 1. The molecule has 11 heteroatoms. The predicted molar refractivity (Wildman–Crippen MR) is 153 cm³/mol. The zero-order valence-electron chi connectivity index (χ0n) is 22.3. The molecule has 0 radical (unpaired) electrons. The molecular weight excluding hydrogens is 522 g/mol. The van der Waals surface area contributed by atoms with Crippen molar-refractivity contribution in [1.29, 1.82) is 0 Å². The van der Waals surface area contributed by atoms with E-state index in [1.54, 1.807) is 49.9 Å². The molecule has 0 aliphatic heterocycles. The van der Waals surface area contributed by atoms with Gasteiger partial charge in [-0.3, -0.25) is 9.20 Å². The second kappa shape index (κ2) is 9.33. The van der Waals surface area contributed by atoms with Gasteiger partial charge < -0.3 is 20.2 Å². The van der Waals surface area contributed by atoms with Crippen LogP contribution in [-0.4, -0.2) is 36.8 Å². The Balaban J connectivity index is 1.29. The molecule has 1 aliphatic carbocycles. The average molecular weight is 548 g/mol. The highest BCUT2D eigenvalue weighted by atomic mass is 16.5. The van der Waals surface area contributed by atoms with Crippen LogP contribution in [0.4, 0.5) is 11.6 Å². The maximum Gasteiger partial charge on any atom is 0.423 e. The van der Waals surface area contributed by atoms with Gasteiger partial charge >= 0.3 is 5.76 Å². The van der Waals surface area contributed by atoms with E-state index >= 15 is 0 Å². The van der Waals surface area contributed by atoms with Gasteiger partial charge in [0.05, 0.1) is 12.6 Å². The van der Waals surface area contributed by atoms with Gasteiger partial charge in [0, 0.05) is 41.5 Å². The highest BCUT2D eigenvalue weighted by molar-refractivity contribution is 6.05. The fourth-order valence-corrected chi connectivity index (χ4v) is 5.16. The number of nitrogens with zero attached hydrogens (tertiary/aromatic N) is 5. The van der Waals surface area contributed by atoms with Gasteiger partial charge in [-0.1, -0.05) is 0 Å². The first kappa shape index (κ1) is 24.6. The van der Waals surface area contributed by atoms with Crippen LogP contribution in [0.3, 0.4) is 0 Å². The summed E-state index contributed by atoms with van der Waals surface area (Å²) in [6.45, 7) is 1.74. The van der Waals surface area contributed by atoms with Crippen molar-refractivity contribution in [3.8, 4) is 28.4 Å². The standard InChI is InChI=1S/C30H25N7O4/c1-16-22-8-6-20(15-37(22)30(39)41-16)28-35-25(26-27(31)33-11-12-36(26)28)21-7-5-19(13-23(21)40-2)29(38)34-24-14-18(9-10-32-24)17-3-4-17/h5-15,17H,3-4H2,1-2H3,(H2,31,33)(H,32,34,38). The van der Waals surface area contributed by atoms with E-state index < -0.39 is 5.76 Å². The first-order valence-corrected chi connectivity index (χ1v) is 13.1. The normalized spacial score (nSPS) is 13.1. The van der Waals surface area contributed by atoms with E-state index in [0.717, 1.165) is 12.8 Å². The van der Waals surface area contributed by atoms with Crippen molar-refractivity contribution in [2.45, 2.75) is 25.7 Å². The molecule has 5 heterocycles. The number of hydrogen-bond acceptors (Lipinski definition) is 8. The minimum atomic E-state index is -0.480. The number of nitrogens with one attached hydrogen (secondary N) is 1. The van der Waals surface area contributed by atoms with Crippen LogP contribution in [0, 0.1) is 6.92 Å². The van der Waals surface area contributed by atoms with E-state index in [2.05, 4.69) is 15.3 Å². The minimum Gasteiger partial charge on any atom is -0.496 e. The Morgan fingerprint density at radius 1 is 1.10 bits per heavy atom. The Kier molecular flexibility index (Phi) is 5.60. The second-order valence-electron chi connectivity index (χ2n) is 10.0. The Hall–Kier alpha value is -5.45. The van der Waals surface area contributed by atoms with E-state index in [1.165, 1.54) is 17.1 Å². The predicted octanol–water partition coefficient (Wildman–Crippen LogP) is 4.69. The van der Waals surface area contributed by atoms with Crippen molar-refractivity contribution in [2.75, 3.05) is 18.2 Å². The summed E-state index contributed by atoms with van der Waals surface area (Å²) in [7, 11) is 1.53. The Morgan fingerprint density at radius 2 is 1.95 bits per heavy atom. The quantitative estimate of drug-likeness (QED) is 0.306. The first-order chi connectivity index (χ1) is 19.9. The van der Waals surface area contributed by atoms with Crippen molar-refractivity contribution in [2.24, 2.45) is 0 Å². The molecule has 0 unspecified atom stereocenters. The summed E-state index contributed by atoms with van der Waals surface area (Å²) < 4.78 is 14.2. The molecular formula is C30H25N7O4. The maximum absolute atomic E-state index is 13.1. The lowest BCUT2D eigenvalue weighted by atomic mass is 10.1. The van der Waals surface area contributed by atoms with E-state index in [4.69, 9.17) is 19.9 Å². The van der Waals surface area contributed by atoms with Gasteiger partial charge in [0.2, 0.25) is 0 Å². The first-order valence-electron chi connectivity index (χ1n) is 13.1. The van der Waals surface area contributed by atoms with Crippen LogP contribution in [0.25, 0.3) is 33.7 Å². The van der Waals surface area contributed by atoms with E-state index in [1.807, 2.05) is 28.7 Å². The van der Waals surface area contributed by atoms with Crippen molar-refractivity contribution >= 4 is 28.6 Å². The molecule has 1 amide bonds. The lowest BCUT2D eigenvalue weighted by Crippen LogP contribution is -2.13. The van der Waals surface area contributed by atoms with Crippen LogP contribution < -0.4 is 21.5 Å². The van der Waals surface area contributed by atoms with Crippen molar-refractivity contribution in [3.63, 3.8) is 0 Å². The van der Waals surface area contributed by atoms with Crippen LogP contribution in [-0.2, 0) is 0 Å². The number of amides is 1. The fourth-order valence-electron chi connectivity index (χ4n) is 5.16. The largest absolute Gasteiger partial charge is 0.496 e. The van der Waals surface area contributed by atoms with Crippen LogP contribution in [0.1, 0.15) is 40.4 Å². The minimum absolute atomic E-state index is 0.268. The van der Waals surface area contributed by atoms with Crippen molar-refractivity contribution in [1.82, 2.24) is 23.8 Å². The number of anilines is 2. The zero-order chi connectivity index (χ0) is 28.2. The van der Waals surface area contributed by atoms with Gasteiger partial charge in [-0.15, -0.1) is 0 Å². The Labute approximate surface area is 233 Å². The molecule has 3 N–H and O–H groups in total. The van der Waals surface area contributed by atoms with Crippen LogP contribution >= 0.6 is 0 Å². The molecule has 6 aromatic rings. The number of aromatic nitrogens is 5. The van der Waals surface area contributed by atoms with E-state index in [9.17, 15) is 9.59 Å². The van der Waals surface area contributed by atoms with Gasteiger partial charge in [0.1, 0.15) is 40.2 Å². The van der Waals surface area contributed by atoms with Crippen LogP contribution in [0.2, 0.25) is 0 Å². The SMILES string of the molecule is COc1cc(C(=O)Nc2cc(C3CC3)ccn2)ccc1-c1nc(-c2ccc3c(C)oc(=O)n3c2)n2ccnc(N)c12. The number of hydrogen-bond donors (Lipinski definition) is 2. The topological polar surface area (TPSA) is 142 Å².